The third kappa shape index (κ3) is 4.01. The van der Waals surface area contributed by atoms with Crippen LogP contribution in [-0.4, -0.2) is 6.86 Å². The van der Waals surface area contributed by atoms with Gasteiger partial charge in [-0.3, -0.25) is 0 Å². The molecule has 0 aromatic heterocycles. The standard InChI is InChI=1S/C16H23FO/c1-13-2-4-14(5-3-13)6-7-15-8-10-16(11-9-15)18-12-17/h8-11,13-14H,2-7,12H2,1H3. The summed E-state index contributed by atoms with van der Waals surface area (Å²) < 4.78 is 16.8. The van der Waals surface area contributed by atoms with Crippen LogP contribution in [0, 0.1) is 11.8 Å². The predicted octanol–water partition coefficient (Wildman–Crippen LogP) is 4.75. The van der Waals surface area contributed by atoms with Gasteiger partial charge in [0.2, 0.25) is 6.86 Å². The molecule has 0 aliphatic heterocycles. The number of hydrogen-bond acceptors (Lipinski definition) is 1. The van der Waals surface area contributed by atoms with Crippen molar-refractivity contribution in [3.8, 4) is 5.75 Å². The van der Waals surface area contributed by atoms with E-state index in [0.717, 1.165) is 18.3 Å². The van der Waals surface area contributed by atoms with E-state index in [1.165, 1.54) is 37.7 Å². The highest BCUT2D eigenvalue weighted by Gasteiger charge is 2.17. The van der Waals surface area contributed by atoms with Crippen LogP contribution in [0.5, 0.6) is 5.75 Å². The van der Waals surface area contributed by atoms with E-state index in [4.69, 9.17) is 4.74 Å². The van der Waals surface area contributed by atoms with Crippen LogP contribution in [0.25, 0.3) is 0 Å². The van der Waals surface area contributed by atoms with Crippen LogP contribution < -0.4 is 4.74 Å². The second-order valence-corrected chi connectivity index (χ2v) is 5.56. The van der Waals surface area contributed by atoms with Crippen LogP contribution >= 0.6 is 0 Å². The number of ether oxygens (including phenoxy) is 1. The van der Waals surface area contributed by atoms with Gasteiger partial charge >= 0.3 is 0 Å². The van der Waals surface area contributed by atoms with E-state index in [1.54, 1.807) is 0 Å². The van der Waals surface area contributed by atoms with Gasteiger partial charge in [0.1, 0.15) is 5.75 Å². The van der Waals surface area contributed by atoms with E-state index in [1.807, 2.05) is 12.1 Å². The predicted molar refractivity (Wildman–Crippen MR) is 72.5 cm³/mol. The minimum atomic E-state index is -0.750. The molecule has 1 fully saturated rings. The topological polar surface area (TPSA) is 9.23 Å². The van der Waals surface area contributed by atoms with Crippen molar-refractivity contribution in [1.29, 1.82) is 0 Å². The molecule has 0 saturated heterocycles. The summed E-state index contributed by atoms with van der Waals surface area (Å²) in [5.41, 5.74) is 1.33. The maximum Gasteiger partial charge on any atom is 0.228 e. The number of rotatable bonds is 5. The SMILES string of the molecule is CC1CCC(CCc2ccc(OCF)cc2)CC1. The van der Waals surface area contributed by atoms with Gasteiger partial charge in [-0.15, -0.1) is 0 Å². The quantitative estimate of drug-likeness (QED) is 0.732. The zero-order valence-electron chi connectivity index (χ0n) is 11.2. The Morgan fingerprint density at radius 3 is 2.39 bits per heavy atom. The lowest BCUT2D eigenvalue weighted by atomic mass is 9.80. The number of hydrogen-bond donors (Lipinski definition) is 0. The van der Waals surface area contributed by atoms with Crippen molar-refractivity contribution in [3.05, 3.63) is 29.8 Å². The number of aryl methyl sites for hydroxylation is 1. The average molecular weight is 250 g/mol. The van der Waals surface area contributed by atoms with E-state index in [0.29, 0.717) is 5.75 Å². The van der Waals surface area contributed by atoms with Crippen molar-refractivity contribution in [1.82, 2.24) is 0 Å². The molecule has 0 amide bonds. The molecule has 0 N–H and O–H groups in total. The molecule has 18 heavy (non-hydrogen) atoms. The second kappa shape index (κ2) is 6.77. The minimum Gasteiger partial charge on any atom is -0.463 e. The first-order chi connectivity index (χ1) is 8.78. The Labute approximate surface area is 109 Å². The number of halogens is 1. The average Bonchev–Trinajstić information content (AvgIpc) is 2.40. The summed E-state index contributed by atoms with van der Waals surface area (Å²) in [4.78, 5) is 0. The Morgan fingerprint density at radius 1 is 1.11 bits per heavy atom. The normalized spacial score (nSPS) is 23.9. The fourth-order valence-corrected chi connectivity index (χ4v) is 2.80. The summed E-state index contributed by atoms with van der Waals surface area (Å²) >= 11 is 0. The molecule has 0 radical (unpaired) electrons. The summed E-state index contributed by atoms with van der Waals surface area (Å²) in [6.07, 6.45) is 8.00. The van der Waals surface area contributed by atoms with E-state index in [-0.39, 0.29) is 0 Å². The molecular formula is C16H23FO. The minimum absolute atomic E-state index is 0.618. The van der Waals surface area contributed by atoms with Crippen LogP contribution in [0.1, 0.15) is 44.6 Å². The molecule has 1 nitrogen and oxygen atoms in total. The number of alkyl halides is 1. The van der Waals surface area contributed by atoms with Gasteiger partial charge < -0.3 is 4.74 Å². The molecule has 0 atom stereocenters. The van der Waals surface area contributed by atoms with E-state index in [9.17, 15) is 4.39 Å². The largest absolute Gasteiger partial charge is 0.463 e. The van der Waals surface area contributed by atoms with Gasteiger partial charge in [-0.25, -0.2) is 4.39 Å². The zero-order valence-corrected chi connectivity index (χ0v) is 11.2. The van der Waals surface area contributed by atoms with Crippen molar-refractivity contribution < 1.29 is 9.13 Å². The fraction of sp³-hybridized carbons (Fsp3) is 0.625. The van der Waals surface area contributed by atoms with Gasteiger partial charge in [-0.05, 0) is 42.4 Å². The van der Waals surface area contributed by atoms with Crippen molar-refractivity contribution in [2.24, 2.45) is 11.8 Å². The van der Waals surface area contributed by atoms with Crippen molar-refractivity contribution in [2.45, 2.75) is 45.4 Å². The molecule has 0 heterocycles. The molecule has 1 aliphatic carbocycles. The van der Waals surface area contributed by atoms with Gasteiger partial charge in [-0.2, -0.15) is 0 Å². The highest BCUT2D eigenvalue weighted by molar-refractivity contribution is 5.27. The molecule has 100 valence electrons. The summed E-state index contributed by atoms with van der Waals surface area (Å²) in [6, 6.07) is 7.82. The molecule has 1 saturated carbocycles. The lowest BCUT2D eigenvalue weighted by Crippen LogP contribution is -2.12. The van der Waals surface area contributed by atoms with E-state index in [2.05, 4.69) is 19.1 Å². The summed E-state index contributed by atoms with van der Waals surface area (Å²) in [6.45, 7) is 1.61. The van der Waals surface area contributed by atoms with Crippen LogP contribution in [0.15, 0.2) is 24.3 Å². The van der Waals surface area contributed by atoms with Crippen molar-refractivity contribution in [3.63, 3.8) is 0 Å². The van der Waals surface area contributed by atoms with Crippen LogP contribution in [-0.2, 0) is 6.42 Å². The van der Waals surface area contributed by atoms with E-state index < -0.39 is 6.86 Å². The highest BCUT2D eigenvalue weighted by Crippen LogP contribution is 2.31. The van der Waals surface area contributed by atoms with Crippen LogP contribution in [0.2, 0.25) is 0 Å². The smallest absolute Gasteiger partial charge is 0.228 e. The molecule has 0 bridgehead atoms. The first-order valence-electron chi connectivity index (χ1n) is 7.05. The van der Waals surface area contributed by atoms with Crippen molar-refractivity contribution >= 4 is 0 Å². The van der Waals surface area contributed by atoms with Gasteiger partial charge in [0.25, 0.3) is 0 Å². The number of benzene rings is 1. The third-order valence-electron chi connectivity index (χ3n) is 4.12. The molecule has 1 aliphatic rings. The highest BCUT2D eigenvalue weighted by atomic mass is 19.1. The van der Waals surface area contributed by atoms with Crippen LogP contribution in [0.3, 0.4) is 0 Å². The molecule has 0 unspecified atom stereocenters. The zero-order chi connectivity index (χ0) is 12.8. The lowest BCUT2D eigenvalue weighted by molar-refractivity contribution is 0.191. The summed E-state index contributed by atoms with van der Waals surface area (Å²) in [7, 11) is 0. The van der Waals surface area contributed by atoms with Gasteiger partial charge in [-0.1, -0.05) is 44.7 Å². The molecule has 0 spiro atoms. The van der Waals surface area contributed by atoms with Crippen molar-refractivity contribution in [2.75, 3.05) is 6.86 Å². The van der Waals surface area contributed by atoms with Gasteiger partial charge in [0.15, 0.2) is 0 Å². The third-order valence-corrected chi connectivity index (χ3v) is 4.12. The first-order valence-corrected chi connectivity index (χ1v) is 7.05. The maximum absolute atomic E-state index is 12.0. The maximum atomic E-state index is 12.0. The van der Waals surface area contributed by atoms with Crippen LogP contribution in [0.4, 0.5) is 4.39 Å². The fourth-order valence-electron chi connectivity index (χ4n) is 2.80. The molecule has 2 heteroatoms. The Morgan fingerprint density at radius 2 is 1.78 bits per heavy atom. The molecule has 1 aromatic carbocycles. The summed E-state index contributed by atoms with van der Waals surface area (Å²) in [5, 5.41) is 0. The Hall–Kier alpha value is -1.05. The molecule has 1 aromatic rings. The Balaban J connectivity index is 1.76. The first kappa shape index (κ1) is 13.4. The Kier molecular flexibility index (Phi) is 5.03. The van der Waals surface area contributed by atoms with Gasteiger partial charge in [0, 0.05) is 0 Å². The Bertz CT molecular complexity index is 339. The van der Waals surface area contributed by atoms with E-state index >= 15 is 0 Å². The molecular weight excluding hydrogens is 227 g/mol. The van der Waals surface area contributed by atoms with Gasteiger partial charge in [0.05, 0.1) is 0 Å². The monoisotopic (exact) mass is 250 g/mol. The second-order valence-electron chi connectivity index (χ2n) is 5.56. The lowest BCUT2D eigenvalue weighted by Gasteiger charge is -2.26. The summed E-state index contributed by atoms with van der Waals surface area (Å²) in [5.74, 6) is 2.45. The molecule has 2 rings (SSSR count).